The van der Waals surface area contributed by atoms with Gasteiger partial charge in [0.05, 0.1) is 5.69 Å². The summed E-state index contributed by atoms with van der Waals surface area (Å²) in [4.78, 5) is 10.9. The molecule has 1 atom stereocenters. The third kappa shape index (κ3) is 1.45. The molecule has 1 unspecified atom stereocenters. The predicted octanol–water partition coefficient (Wildman–Crippen LogP) is -0.198. The summed E-state index contributed by atoms with van der Waals surface area (Å²) in [5.74, 6) is 0. The number of nitrogens with one attached hydrogen (secondary N) is 1. The molecule has 1 aliphatic carbocycles. The summed E-state index contributed by atoms with van der Waals surface area (Å²) in [5.41, 5.74) is 0.981. The van der Waals surface area contributed by atoms with Gasteiger partial charge in [-0.25, -0.2) is 13.5 Å². The molecule has 0 radical (unpaired) electrons. The maximum absolute atomic E-state index is 11.3. The van der Waals surface area contributed by atoms with Crippen LogP contribution in [0.2, 0.25) is 0 Å². The van der Waals surface area contributed by atoms with Crippen LogP contribution in [0.15, 0.2) is 10.9 Å². The minimum atomic E-state index is -3.11. The molecular formula is C8H10N2O3S. The highest BCUT2D eigenvalue weighted by atomic mass is 32.2. The van der Waals surface area contributed by atoms with Crippen LogP contribution < -0.4 is 5.56 Å². The van der Waals surface area contributed by atoms with Crippen molar-refractivity contribution >= 4 is 9.84 Å². The van der Waals surface area contributed by atoms with Crippen molar-refractivity contribution in [3.05, 3.63) is 27.7 Å². The van der Waals surface area contributed by atoms with Crippen LogP contribution in [0.1, 0.15) is 22.9 Å². The van der Waals surface area contributed by atoms with Crippen LogP contribution in [0.25, 0.3) is 0 Å². The third-order valence-corrected chi connectivity index (χ3v) is 3.91. The van der Waals surface area contributed by atoms with Gasteiger partial charge < -0.3 is 0 Å². The fourth-order valence-corrected chi connectivity index (χ4v) is 2.93. The van der Waals surface area contributed by atoms with Gasteiger partial charge in [-0.2, -0.15) is 5.10 Å². The van der Waals surface area contributed by atoms with Crippen molar-refractivity contribution in [1.29, 1.82) is 0 Å². The molecular weight excluding hydrogens is 204 g/mol. The molecule has 0 aromatic carbocycles. The van der Waals surface area contributed by atoms with E-state index in [4.69, 9.17) is 0 Å². The SMILES string of the molecule is CS(=O)(=O)C1CCc2cc(=O)[nH]nc21. The van der Waals surface area contributed by atoms with Crippen molar-refractivity contribution in [2.45, 2.75) is 18.1 Å². The first-order valence-corrected chi connectivity index (χ1v) is 6.21. The van der Waals surface area contributed by atoms with E-state index in [2.05, 4.69) is 10.2 Å². The van der Waals surface area contributed by atoms with Gasteiger partial charge in [0.25, 0.3) is 5.56 Å². The molecule has 1 aromatic rings. The fourth-order valence-electron chi connectivity index (χ4n) is 1.77. The highest BCUT2D eigenvalue weighted by molar-refractivity contribution is 7.90. The third-order valence-electron chi connectivity index (χ3n) is 2.42. The van der Waals surface area contributed by atoms with Gasteiger partial charge in [0.2, 0.25) is 0 Å². The molecule has 0 amide bonds. The fraction of sp³-hybridized carbons (Fsp3) is 0.500. The first-order valence-electron chi connectivity index (χ1n) is 4.26. The molecule has 1 heterocycles. The Morgan fingerprint density at radius 1 is 1.57 bits per heavy atom. The number of hydrogen-bond donors (Lipinski definition) is 1. The summed E-state index contributed by atoms with van der Waals surface area (Å²) in [5, 5.41) is 5.51. The van der Waals surface area contributed by atoms with Gasteiger partial charge in [-0.15, -0.1) is 0 Å². The van der Waals surface area contributed by atoms with Gasteiger partial charge in [-0.1, -0.05) is 0 Å². The van der Waals surface area contributed by atoms with Crippen LogP contribution in [0.3, 0.4) is 0 Å². The molecule has 76 valence electrons. The Morgan fingerprint density at radius 3 is 2.93 bits per heavy atom. The molecule has 0 bridgehead atoms. The standard InChI is InChI=1S/C8H10N2O3S/c1-14(12,13)6-3-2-5-4-7(11)9-10-8(5)6/h4,6H,2-3H2,1H3,(H,9,11). The molecule has 2 rings (SSSR count). The highest BCUT2D eigenvalue weighted by Gasteiger charge is 2.32. The molecule has 0 fully saturated rings. The molecule has 0 saturated carbocycles. The minimum Gasteiger partial charge on any atom is -0.268 e. The first-order chi connectivity index (χ1) is 6.48. The Hall–Kier alpha value is -1.17. The monoisotopic (exact) mass is 214 g/mol. The lowest BCUT2D eigenvalue weighted by Gasteiger charge is -2.06. The summed E-state index contributed by atoms with van der Waals surface area (Å²) in [6.45, 7) is 0. The zero-order valence-corrected chi connectivity index (χ0v) is 8.47. The maximum Gasteiger partial charge on any atom is 0.264 e. The number of sulfone groups is 1. The molecule has 1 N–H and O–H groups in total. The van der Waals surface area contributed by atoms with E-state index in [9.17, 15) is 13.2 Å². The van der Waals surface area contributed by atoms with E-state index >= 15 is 0 Å². The van der Waals surface area contributed by atoms with E-state index in [1.807, 2.05) is 0 Å². The molecule has 0 aliphatic heterocycles. The van der Waals surface area contributed by atoms with E-state index in [0.29, 0.717) is 18.5 Å². The van der Waals surface area contributed by atoms with E-state index in [1.165, 1.54) is 12.3 Å². The van der Waals surface area contributed by atoms with E-state index in [0.717, 1.165) is 5.56 Å². The number of fused-ring (bicyclic) bond motifs is 1. The summed E-state index contributed by atoms with van der Waals surface area (Å²) in [6, 6.07) is 1.42. The van der Waals surface area contributed by atoms with Crippen LogP contribution in [0.4, 0.5) is 0 Å². The number of aromatic nitrogens is 2. The van der Waals surface area contributed by atoms with Crippen LogP contribution in [-0.4, -0.2) is 24.9 Å². The predicted molar refractivity (Wildman–Crippen MR) is 50.8 cm³/mol. The molecule has 5 nitrogen and oxygen atoms in total. The Morgan fingerprint density at radius 2 is 2.29 bits per heavy atom. The Kier molecular flexibility index (Phi) is 1.95. The Balaban J connectivity index is 2.56. The van der Waals surface area contributed by atoms with Crippen molar-refractivity contribution in [2.75, 3.05) is 6.26 Å². The van der Waals surface area contributed by atoms with Crippen molar-refractivity contribution in [2.24, 2.45) is 0 Å². The molecule has 1 aromatic heterocycles. The summed E-state index contributed by atoms with van der Waals surface area (Å²) >= 11 is 0. The van der Waals surface area contributed by atoms with Crippen LogP contribution >= 0.6 is 0 Å². The van der Waals surface area contributed by atoms with E-state index in [-0.39, 0.29) is 5.56 Å². The van der Waals surface area contributed by atoms with Crippen molar-refractivity contribution in [1.82, 2.24) is 10.2 Å². The zero-order chi connectivity index (χ0) is 10.3. The largest absolute Gasteiger partial charge is 0.268 e. The summed E-state index contributed by atoms with van der Waals surface area (Å²) < 4.78 is 22.7. The molecule has 0 spiro atoms. The van der Waals surface area contributed by atoms with Crippen molar-refractivity contribution in [3.63, 3.8) is 0 Å². The van der Waals surface area contributed by atoms with Gasteiger partial charge in [-0.05, 0) is 18.4 Å². The number of nitrogens with zero attached hydrogens (tertiary/aromatic N) is 1. The molecule has 6 heteroatoms. The van der Waals surface area contributed by atoms with E-state index < -0.39 is 15.1 Å². The highest BCUT2D eigenvalue weighted by Crippen LogP contribution is 2.33. The summed E-state index contributed by atoms with van der Waals surface area (Å²) in [7, 11) is -3.11. The molecule has 1 aliphatic rings. The second-order valence-electron chi connectivity index (χ2n) is 3.50. The van der Waals surface area contributed by atoms with Gasteiger partial charge in [0.15, 0.2) is 9.84 Å². The van der Waals surface area contributed by atoms with Gasteiger partial charge >= 0.3 is 0 Å². The number of rotatable bonds is 1. The van der Waals surface area contributed by atoms with Gasteiger partial charge in [-0.3, -0.25) is 4.79 Å². The lowest BCUT2D eigenvalue weighted by molar-refractivity contribution is 0.585. The lowest BCUT2D eigenvalue weighted by Crippen LogP contribution is -2.14. The molecule has 0 saturated heterocycles. The number of aromatic amines is 1. The first kappa shape index (κ1) is 9.39. The lowest BCUT2D eigenvalue weighted by atomic mass is 10.2. The quantitative estimate of drug-likeness (QED) is 0.702. The summed E-state index contributed by atoms with van der Waals surface area (Å²) in [6.07, 6.45) is 2.34. The van der Waals surface area contributed by atoms with E-state index in [1.54, 1.807) is 0 Å². The van der Waals surface area contributed by atoms with Crippen molar-refractivity contribution in [3.8, 4) is 0 Å². The second-order valence-corrected chi connectivity index (χ2v) is 5.73. The van der Waals surface area contributed by atoms with Gasteiger partial charge in [0, 0.05) is 12.3 Å². The average Bonchev–Trinajstić information content (AvgIpc) is 2.45. The smallest absolute Gasteiger partial charge is 0.264 e. The van der Waals surface area contributed by atoms with Gasteiger partial charge in [0.1, 0.15) is 5.25 Å². The normalized spacial score (nSPS) is 20.8. The molecule has 14 heavy (non-hydrogen) atoms. The van der Waals surface area contributed by atoms with Crippen LogP contribution in [0.5, 0.6) is 0 Å². The average molecular weight is 214 g/mol. The minimum absolute atomic E-state index is 0.280. The Labute approximate surface area is 81.1 Å². The van der Waals surface area contributed by atoms with Crippen molar-refractivity contribution < 1.29 is 8.42 Å². The topological polar surface area (TPSA) is 79.9 Å². The Bertz CT molecular complexity index is 518. The number of hydrogen-bond acceptors (Lipinski definition) is 4. The van der Waals surface area contributed by atoms with Crippen LogP contribution in [-0.2, 0) is 16.3 Å². The maximum atomic E-state index is 11.3. The number of H-pyrrole nitrogens is 1. The second kappa shape index (κ2) is 2.91. The number of aryl methyl sites for hydroxylation is 1. The van der Waals surface area contributed by atoms with Crippen LogP contribution in [0, 0.1) is 0 Å². The zero-order valence-electron chi connectivity index (χ0n) is 7.65.